The molecule has 0 spiro atoms. The topological polar surface area (TPSA) is 40.5 Å². The largest absolute Gasteiger partial charge is 0.507 e. The van der Waals surface area contributed by atoms with Crippen molar-refractivity contribution in [1.29, 1.82) is 0 Å². The fourth-order valence-corrected chi connectivity index (χ4v) is 3.16. The summed E-state index contributed by atoms with van der Waals surface area (Å²) in [7, 11) is 0. The molecular weight excluding hydrogens is 296 g/mol. The van der Waals surface area contributed by atoms with Crippen molar-refractivity contribution in [3.63, 3.8) is 0 Å². The highest BCUT2D eigenvalue weighted by atomic mass is 16.3. The first-order valence-corrected chi connectivity index (χ1v) is 9.13. The van der Waals surface area contributed by atoms with Crippen LogP contribution in [0.1, 0.15) is 61.8 Å². The minimum Gasteiger partial charge on any atom is -0.507 e. The molecule has 0 aliphatic heterocycles. The molecule has 0 fully saturated rings. The van der Waals surface area contributed by atoms with Crippen molar-refractivity contribution in [2.24, 2.45) is 0 Å². The SMILES string of the molecule is CCCCc1cc(-c2cc(C)c(O)c(C)c2)cc(CCCC)c1O. The summed E-state index contributed by atoms with van der Waals surface area (Å²) >= 11 is 0. The third-order valence-corrected chi connectivity index (χ3v) is 4.69. The fraction of sp³-hybridized carbons (Fsp3) is 0.455. The Hall–Kier alpha value is -1.96. The van der Waals surface area contributed by atoms with Gasteiger partial charge in [0.25, 0.3) is 0 Å². The molecule has 2 rings (SSSR count). The average Bonchev–Trinajstić information content (AvgIpc) is 2.57. The second-order valence-corrected chi connectivity index (χ2v) is 6.81. The van der Waals surface area contributed by atoms with Crippen LogP contribution >= 0.6 is 0 Å². The highest BCUT2D eigenvalue weighted by Crippen LogP contribution is 2.35. The Morgan fingerprint density at radius 1 is 0.667 bits per heavy atom. The quantitative estimate of drug-likeness (QED) is 0.648. The normalized spacial score (nSPS) is 11.0. The van der Waals surface area contributed by atoms with Gasteiger partial charge in [0.2, 0.25) is 0 Å². The van der Waals surface area contributed by atoms with Gasteiger partial charge >= 0.3 is 0 Å². The summed E-state index contributed by atoms with van der Waals surface area (Å²) in [6.45, 7) is 8.21. The second-order valence-electron chi connectivity index (χ2n) is 6.81. The number of unbranched alkanes of at least 4 members (excludes halogenated alkanes) is 2. The van der Waals surface area contributed by atoms with E-state index in [2.05, 4.69) is 26.0 Å². The summed E-state index contributed by atoms with van der Waals surface area (Å²) in [5.41, 5.74) is 6.12. The van der Waals surface area contributed by atoms with Crippen LogP contribution in [-0.4, -0.2) is 10.2 Å². The zero-order valence-corrected chi connectivity index (χ0v) is 15.4. The number of phenolic OH excluding ortho intramolecular Hbond substituents is 2. The van der Waals surface area contributed by atoms with Crippen LogP contribution in [0.15, 0.2) is 24.3 Å². The molecule has 0 aromatic heterocycles. The molecule has 0 atom stereocenters. The Kier molecular flexibility index (Phi) is 6.30. The summed E-state index contributed by atoms with van der Waals surface area (Å²) in [5.74, 6) is 0.850. The highest BCUT2D eigenvalue weighted by Gasteiger charge is 2.12. The lowest BCUT2D eigenvalue weighted by Gasteiger charge is -2.15. The Bertz CT molecular complexity index is 649. The van der Waals surface area contributed by atoms with E-state index in [1.165, 1.54) is 0 Å². The predicted octanol–water partition coefficient (Wildman–Crippen LogP) is 6.07. The Labute approximate surface area is 146 Å². The molecule has 0 aliphatic rings. The molecule has 0 aliphatic carbocycles. The Morgan fingerprint density at radius 2 is 1.08 bits per heavy atom. The van der Waals surface area contributed by atoms with E-state index in [4.69, 9.17) is 0 Å². The molecule has 0 bridgehead atoms. The first-order valence-electron chi connectivity index (χ1n) is 9.13. The molecule has 2 heteroatoms. The lowest BCUT2D eigenvalue weighted by atomic mass is 9.92. The van der Waals surface area contributed by atoms with Crippen LogP contribution in [0.4, 0.5) is 0 Å². The van der Waals surface area contributed by atoms with Gasteiger partial charge in [-0.25, -0.2) is 0 Å². The van der Waals surface area contributed by atoms with E-state index in [1.807, 2.05) is 26.0 Å². The van der Waals surface area contributed by atoms with Gasteiger partial charge in [0.1, 0.15) is 11.5 Å². The number of aromatic hydroxyl groups is 2. The van der Waals surface area contributed by atoms with Crippen LogP contribution in [0.2, 0.25) is 0 Å². The van der Waals surface area contributed by atoms with Gasteiger partial charge < -0.3 is 10.2 Å². The van der Waals surface area contributed by atoms with Crippen molar-refractivity contribution in [2.45, 2.75) is 66.2 Å². The maximum absolute atomic E-state index is 10.6. The van der Waals surface area contributed by atoms with Crippen molar-refractivity contribution in [1.82, 2.24) is 0 Å². The number of hydrogen-bond donors (Lipinski definition) is 2. The van der Waals surface area contributed by atoms with Crippen molar-refractivity contribution in [3.05, 3.63) is 46.5 Å². The second kappa shape index (κ2) is 8.23. The van der Waals surface area contributed by atoms with Crippen molar-refractivity contribution >= 4 is 0 Å². The number of phenols is 2. The van der Waals surface area contributed by atoms with E-state index in [9.17, 15) is 10.2 Å². The van der Waals surface area contributed by atoms with Crippen LogP contribution in [0, 0.1) is 13.8 Å². The van der Waals surface area contributed by atoms with Gasteiger partial charge in [-0.15, -0.1) is 0 Å². The molecule has 130 valence electrons. The molecule has 2 aromatic rings. The van der Waals surface area contributed by atoms with Gasteiger partial charge in [-0.1, -0.05) is 26.7 Å². The number of rotatable bonds is 7. The summed E-state index contributed by atoms with van der Waals surface area (Å²) in [4.78, 5) is 0. The minimum absolute atomic E-state index is 0.370. The standard InChI is InChI=1S/C22H30O2/c1-5-7-9-17-13-20(14-18(22(17)24)10-8-6-2)19-11-15(3)21(23)16(4)12-19/h11-14,23-24H,5-10H2,1-4H3. The van der Waals surface area contributed by atoms with Gasteiger partial charge in [0.05, 0.1) is 0 Å². The Balaban J connectivity index is 2.52. The van der Waals surface area contributed by atoms with Crippen molar-refractivity contribution in [3.8, 4) is 22.6 Å². The summed E-state index contributed by atoms with van der Waals surface area (Å²) in [6.07, 6.45) is 6.21. The van der Waals surface area contributed by atoms with E-state index in [0.29, 0.717) is 11.5 Å². The van der Waals surface area contributed by atoms with E-state index < -0.39 is 0 Å². The zero-order chi connectivity index (χ0) is 17.7. The smallest absolute Gasteiger partial charge is 0.121 e. The van der Waals surface area contributed by atoms with E-state index >= 15 is 0 Å². The molecule has 0 radical (unpaired) electrons. The van der Waals surface area contributed by atoms with Crippen LogP contribution in [0.3, 0.4) is 0 Å². The highest BCUT2D eigenvalue weighted by molar-refractivity contribution is 5.70. The number of hydrogen-bond acceptors (Lipinski definition) is 2. The molecule has 0 saturated carbocycles. The third-order valence-electron chi connectivity index (χ3n) is 4.69. The molecule has 24 heavy (non-hydrogen) atoms. The molecule has 0 heterocycles. The average molecular weight is 326 g/mol. The van der Waals surface area contributed by atoms with Crippen LogP contribution in [0.25, 0.3) is 11.1 Å². The molecular formula is C22H30O2. The first kappa shape index (κ1) is 18.4. The molecule has 2 N–H and O–H groups in total. The maximum atomic E-state index is 10.6. The zero-order valence-electron chi connectivity index (χ0n) is 15.4. The molecule has 2 aromatic carbocycles. The first-order chi connectivity index (χ1) is 11.5. The summed E-state index contributed by atoms with van der Waals surface area (Å²) in [6, 6.07) is 8.29. The number of aryl methyl sites for hydroxylation is 4. The summed E-state index contributed by atoms with van der Waals surface area (Å²) in [5, 5.41) is 20.6. The molecule has 2 nitrogen and oxygen atoms in total. The van der Waals surface area contributed by atoms with Gasteiger partial charge in [-0.3, -0.25) is 0 Å². The van der Waals surface area contributed by atoms with Gasteiger partial charge in [0, 0.05) is 0 Å². The predicted molar refractivity (Wildman–Crippen MR) is 102 cm³/mol. The van der Waals surface area contributed by atoms with Gasteiger partial charge in [0.15, 0.2) is 0 Å². The fourth-order valence-electron chi connectivity index (χ4n) is 3.16. The molecule has 0 unspecified atom stereocenters. The summed E-state index contributed by atoms with van der Waals surface area (Å²) < 4.78 is 0. The van der Waals surface area contributed by atoms with E-state index in [1.54, 1.807) is 0 Å². The van der Waals surface area contributed by atoms with Crippen LogP contribution < -0.4 is 0 Å². The van der Waals surface area contributed by atoms with Crippen molar-refractivity contribution in [2.75, 3.05) is 0 Å². The van der Waals surface area contributed by atoms with Crippen molar-refractivity contribution < 1.29 is 10.2 Å². The Morgan fingerprint density at radius 3 is 1.50 bits per heavy atom. The van der Waals surface area contributed by atoms with Crippen LogP contribution in [-0.2, 0) is 12.8 Å². The van der Waals surface area contributed by atoms with Crippen LogP contribution in [0.5, 0.6) is 11.5 Å². The van der Waals surface area contributed by atoms with E-state index in [0.717, 1.165) is 71.9 Å². The lowest BCUT2D eigenvalue weighted by molar-refractivity contribution is 0.458. The lowest BCUT2D eigenvalue weighted by Crippen LogP contribution is -1.95. The maximum Gasteiger partial charge on any atom is 0.121 e. The third kappa shape index (κ3) is 4.11. The minimum atomic E-state index is 0.370. The molecule has 0 saturated heterocycles. The van der Waals surface area contributed by atoms with Gasteiger partial charge in [-0.05, 0) is 97.2 Å². The monoisotopic (exact) mass is 326 g/mol. The number of benzene rings is 2. The van der Waals surface area contributed by atoms with Gasteiger partial charge in [-0.2, -0.15) is 0 Å². The van der Waals surface area contributed by atoms with E-state index in [-0.39, 0.29) is 0 Å². The molecule has 0 amide bonds.